The Morgan fingerprint density at radius 2 is 1.85 bits per heavy atom. The zero-order chi connectivity index (χ0) is 18.1. The van der Waals surface area contributed by atoms with Gasteiger partial charge < -0.3 is 5.32 Å². The van der Waals surface area contributed by atoms with E-state index in [1.807, 2.05) is 4.68 Å². The third-order valence-electron chi connectivity index (χ3n) is 5.81. The Bertz CT molecular complexity index is 748. The van der Waals surface area contributed by atoms with E-state index in [9.17, 15) is 4.39 Å². The molecule has 2 saturated heterocycles. The van der Waals surface area contributed by atoms with E-state index in [2.05, 4.69) is 29.0 Å². The minimum absolute atomic E-state index is 0.216. The average molecular weight is 357 g/mol. The van der Waals surface area contributed by atoms with Crippen molar-refractivity contribution in [1.29, 1.82) is 0 Å². The molecule has 1 unspecified atom stereocenters. The predicted octanol–water partition coefficient (Wildman–Crippen LogP) is 2.11. The standard InChI is InChI=1S/C20H28FN5/c1-15-20(16(2)26(23-15)18-5-3-17(21)4-6-18)14-24-10-7-19(13-24)25-11-8-22-9-12-25/h3-6,19,22H,7-14H2,1-2H3. The lowest BCUT2D eigenvalue weighted by molar-refractivity contribution is 0.170. The molecule has 2 aliphatic heterocycles. The molecule has 1 aromatic heterocycles. The first-order chi connectivity index (χ1) is 12.6. The van der Waals surface area contributed by atoms with Gasteiger partial charge in [0, 0.05) is 63.1 Å². The Morgan fingerprint density at radius 1 is 1.12 bits per heavy atom. The second kappa shape index (κ2) is 7.47. The average Bonchev–Trinajstić information content (AvgIpc) is 3.24. The van der Waals surface area contributed by atoms with Gasteiger partial charge in [0.25, 0.3) is 0 Å². The third kappa shape index (κ3) is 3.54. The Morgan fingerprint density at radius 3 is 2.58 bits per heavy atom. The van der Waals surface area contributed by atoms with Crippen LogP contribution >= 0.6 is 0 Å². The summed E-state index contributed by atoms with van der Waals surface area (Å²) in [5.41, 5.74) is 4.44. The number of nitrogens with zero attached hydrogens (tertiary/aromatic N) is 4. The summed E-state index contributed by atoms with van der Waals surface area (Å²) >= 11 is 0. The fraction of sp³-hybridized carbons (Fsp3) is 0.550. The fourth-order valence-electron chi connectivity index (χ4n) is 4.26. The molecule has 1 atom stereocenters. The number of hydrogen-bond donors (Lipinski definition) is 1. The number of rotatable bonds is 4. The van der Waals surface area contributed by atoms with Crippen LogP contribution in [0.5, 0.6) is 0 Å². The van der Waals surface area contributed by atoms with Crippen LogP contribution in [0.15, 0.2) is 24.3 Å². The summed E-state index contributed by atoms with van der Waals surface area (Å²) in [5.74, 6) is -0.216. The van der Waals surface area contributed by atoms with Crippen LogP contribution in [0.25, 0.3) is 5.69 Å². The van der Waals surface area contributed by atoms with Crippen LogP contribution in [0.2, 0.25) is 0 Å². The normalized spacial score (nSPS) is 22.2. The molecule has 0 spiro atoms. The van der Waals surface area contributed by atoms with E-state index < -0.39 is 0 Å². The molecule has 3 heterocycles. The van der Waals surface area contributed by atoms with E-state index in [1.54, 1.807) is 12.1 Å². The molecule has 0 saturated carbocycles. The van der Waals surface area contributed by atoms with E-state index >= 15 is 0 Å². The number of aryl methyl sites for hydroxylation is 1. The molecule has 0 amide bonds. The van der Waals surface area contributed by atoms with Crippen molar-refractivity contribution in [3.8, 4) is 5.69 Å². The van der Waals surface area contributed by atoms with Crippen molar-refractivity contribution in [2.24, 2.45) is 0 Å². The molecule has 2 aromatic rings. The third-order valence-corrected chi connectivity index (χ3v) is 5.81. The maximum absolute atomic E-state index is 13.2. The Hall–Kier alpha value is -1.76. The van der Waals surface area contributed by atoms with Crippen molar-refractivity contribution in [3.63, 3.8) is 0 Å². The molecule has 6 heteroatoms. The zero-order valence-electron chi connectivity index (χ0n) is 15.7. The summed E-state index contributed by atoms with van der Waals surface area (Å²) < 4.78 is 15.1. The molecule has 0 bridgehead atoms. The highest BCUT2D eigenvalue weighted by Gasteiger charge is 2.29. The molecule has 1 aromatic carbocycles. The van der Waals surface area contributed by atoms with Crippen molar-refractivity contribution in [2.45, 2.75) is 32.9 Å². The second-order valence-electron chi connectivity index (χ2n) is 7.50. The quantitative estimate of drug-likeness (QED) is 0.909. The first kappa shape index (κ1) is 17.6. The maximum Gasteiger partial charge on any atom is 0.123 e. The van der Waals surface area contributed by atoms with Gasteiger partial charge in [-0.2, -0.15) is 5.10 Å². The van der Waals surface area contributed by atoms with Gasteiger partial charge in [0.15, 0.2) is 0 Å². The largest absolute Gasteiger partial charge is 0.314 e. The number of halogens is 1. The highest BCUT2D eigenvalue weighted by molar-refractivity contribution is 5.37. The lowest BCUT2D eigenvalue weighted by Crippen LogP contribution is -2.49. The van der Waals surface area contributed by atoms with Gasteiger partial charge in [-0.1, -0.05) is 0 Å². The fourth-order valence-corrected chi connectivity index (χ4v) is 4.26. The number of nitrogens with one attached hydrogen (secondary N) is 1. The monoisotopic (exact) mass is 357 g/mol. The number of piperazine rings is 1. The van der Waals surface area contributed by atoms with Gasteiger partial charge in [-0.05, 0) is 44.5 Å². The summed E-state index contributed by atoms with van der Waals surface area (Å²) in [7, 11) is 0. The van der Waals surface area contributed by atoms with E-state index in [-0.39, 0.29) is 5.82 Å². The molecule has 26 heavy (non-hydrogen) atoms. The van der Waals surface area contributed by atoms with Crippen LogP contribution in [-0.4, -0.2) is 64.9 Å². The van der Waals surface area contributed by atoms with Crippen LogP contribution in [0.3, 0.4) is 0 Å². The molecule has 5 nitrogen and oxygen atoms in total. The lowest BCUT2D eigenvalue weighted by Gasteiger charge is -2.32. The highest BCUT2D eigenvalue weighted by Crippen LogP contribution is 2.23. The van der Waals surface area contributed by atoms with E-state index in [1.165, 1.54) is 37.2 Å². The molecule has 140 valence electrons. The number of likely N-dealkylation sites (tertiary alicyclic amines) is 1. The van der Waals surface area contributed by atoms with Gasteiger partial charge in [0.05, 0.1) is 11.4 Å². The maximum atomic E-state index is 13.2. The molecular formula is C20H28FN5. The summed E-state index contributed by atoms with van der Waals surface area (Å²) in [6.45, 7) is 12.0. The van der Waals surface area contributed by atoms with Crippen LogP contribution in [-0.2, 0) is 6.54 Å². The van der Waals surface area contributed by atoms with E-state index in [4.69, 9.17) is 5.10 Å². The van der Waals surface area contributed by atoms with Crippen molar-refractivity contribution >= 4 is 0 Å². The van der Waals surface area contributed by atoms with Crippen molar-refractivity contribution in [1.82, 2.24) is 24.9 Å². The Balaban J connectivity index is 1.46. The van der Waals surface area contributed by atoms with Gasteiger partial charge in [-0.15, -0.1) is 0 Å². The number of aromatic nitrogens is 2. The second-order valence-corrected chi connectivity index (χ2v) is 7.50. The van der Waals surface area contributed by atoms with Gasteiger partial charge in [0.2, 0.25) is 0 Å². The topological polar surface area (TPSA) is 36.3 Å². The van der Waals surface area contributed by atoms with Crippen molar-refractivity contribution in [2.75, 3.05) is 39.3 Å². The van der Waals surface area contributed by atoms with E-state index in [0.717, 1.165) is 49.8 Å². The summed E-state index contributed by atoms with van der Waals surface area (Å²) in [6, 6.07) is 7.24. The SMILES string of the molecule is Cc1nn(-c2ccc(F)cc2)c(C)c1CN1CCC(N2CCNCC2)C1. The van der Waals surface area contributed by atoms with E-state index in [0.29, 0.717) is 6.04 Å². The Labute approximate surface area is 154 Å². The summed E-state index contributed by atoms with van der Waals surface area (Å²) in [5, 5.41) is 8.15. The Kier molecular flexibility index (Phi) is 5.07. The van der Waals surface area contributed by atoms with Gasteiger partial charge >= 0.3 is 0 Å². The minimum atomic E-state index is -0.216. The highest BCUT2D eigenvalue weighted by atomic mass is 19.1. The minimum Gasteiger partial charge on any atom is -0.314 e. The predicted molar refractivity (Wildman–Crippen MR) is 101 cm³/mol. The van der Waals surface area contributed by atoms with Gasteiger partial charge in [-0.3, -0.25) is 9.80 Å². The smallest absolute Gasteiger partial charge is 0.123 e. The molecule has 2 fully saturated rings. The summed E-state index contributed by atoms with van der Waals surface area (Å²) in [4.78, 5) is 5.19. The van der Waals surface area contributed by atoms with Crippen LogP contribution in [0.4, 0.5) is 4.39 Å². The number of benzene rings is 1. The molecule has 4 rings (SSSR count). The zero-order valence-corrected chi connectivity index (χ0v) is 15.7. The molecule has 0 radical (unpaired) electrons. The van der Waals surface area contributed by atoms with Crippen molar-refractivity contribution < 1.29 is 4.39 Å². The molecule has 1 N–H and O–H groups in total. The molecular weight excluding hydrogens is 329 g/mol. The van der Waals surface area contributed by atoms with Crippen molar-refractivity contribution in [3.05, 3.63) is 47.0 Å². The van der Waals surface area contributed by atoms with Crippen LogP contribution < -0.4 is 5.32 Å². The number of hydrogen-bond acceptors (Lipinski definition) is 4. The van der Waals surface area contributed by atoms with Gasteiger partial charge in [-0.25, -0.2) is 9.07 Å². The lowest BCUT2D eigenvalue weighted by atomic mass is 10.2. The molecule has 2 aliphatic rings. The van der Waals surface area contributed by atoms with Crippen LogP contribution in [0.1, 0.15) is 23.4 Å². The van der Waals surface area contributed by atoms with Gasteiger partial charge in [0.1, 0.15) is 5.82 Å². The first-order valence-electron chi connectivity index (χ1n) is 9.60. The summed E-state index contributed by atoms with van der Waals surface area (Å²) in [6.07, 6.45) is 1.25. The van der Waals surface area contributed by atoms with Crippen LogP contribution in [0, 0.1) is 19.7 Å². The first-order valence-corrected chi connectivity index (χ1v) is 9.60. The molecule has 0 aliphatic carbocycles.